The molecule has 0 unspecified atom stereocenters. The number of ketones is 1. The second kappa shape index (κ2) is 7.17. The van der Waals surface area contributed by atoms with Crippen LogP contribution in [0.25, 0.3) is 0 Å². The molecule has 0 saturated heterocycles. The van der Waals surface area contributed by atoms with Gasteiger partial charge in [0.15, 0.2) is 10.8 Å². The molecule has 0 atom stereocenters. The molecule has 27 heavy (non-hydrogen) atoms. The normalized spacial score (nSPS) is 11.1. The van der Waals surface area contributed by atoms with Crippen molar-refractivity contribution in [3.63, 3.8) is 0 Å². The number of hydrogen-bond acceptors (Lipinski definition) is 7. The minimum Gasteiger partial charge on any atom is -0.478 e. The molecule has 3 rings (SSSR count). The van der Waals surface area contributed by atoms with Crippen molar-refractivity contribution in [1.82, 2.24) is 4.98 Å². The van der Waals surface area contributed by atoms with E-state index in [0.29, 0.717) is 5.69 Å². The van der Waals surface area contributed by atoms with Crippen LogP contribution in [-0.2, 0) is 10.0 Å². The van der Waals surface area contributed by atoms with E-state index in [1.165, 1.54) is 53.9 Å². The predicted molar refractivity (Wildman–Crippen MR) is 101 cm³/mol. The number of carbonyl (C=O) groups excluding carboxylic acids is 1. The SMILES string of the molecule is Nc1ccc(S(=O)(=O)Nc2csc(C(=O)c3ccccc3C(=O)O)n2)cc1. The molecule has 0 amide bonds. The Morgan fingerprint density at radius 2 is 1.67 bits per heavy atom. The smallest absolute Gasteiger partial charge is 0.336 e. The summed E-state index contributed by atoms with van der Waals surface area (Å²) in [5, 5.41) is 10.5. The van der Waals surface area contributed by atoms with Crippen molar-refractivity contribution in [2.75, 3.05) is 10.5 Å². The van der Waals surface area contributed by atoms with Gasteiger partial charge in [-0.25, -0.2) is 18.2 Å². The molecule has 0 bridgehead atoms. The first kappa shape index (κ1) is 18.5. The van der Waals surface area contributed by atoms with E-state index in [-0.39, 0.29) is 26.8 Å². The van der Waals surface area contributed by atoms with Crippen LogP contribution >= 0.6 is 11.3 Å². The van der Waals surface area contributed by atoms with Gasteiger partial charge in [0.2, 0.25) is 5.78 Å². The van der Waals surface area contributed by atoms with Crippen molar-refractivity contribution >= 4 is 44.6 Å². The Kier molecular flexibility index (Phi) is 4.93. The predicted octanol–water partition coefficient (Wildman–Crippen LogP) is 2.46. The number of nitrogens with two attached hydrogens (primary N) is 1. The summed E-state index contributed by atoms with van der Waals surface area (Å²) in [6.45, 7) is 0. The van der Waals surface area contributed by atoms with Gasteiger partial charge in [-0.3, -0.25) is 9.52 Å². The lowest BCUT2D eigenvalue weighted by molar-refractivity contribution is 0.0693. The summed E-state index contributed by atoms with van der Waals surface area (Å²) in [5.41, 5.74) is 5.79. The number of carbonyl (C=O) groups is 2. The number of rotatable bonds is 6. The van der Waals surface area contributed by atoms with E-state index in [1.807, 2.05) is 0 Å². The molecule has 0 radical (unpaired) electrons. The first-order valence-electron chi connectivity index (χ1n) is 7.49. The first-order valence-corrected chi connectivity index (χ1v) is 9.85. The van der Waals surface area contributed by atoms with Crippen molar-refractivity contribution in [3.8, 4) is 0 Å². The summed E-state index contributed by atoms with van der Waals surface area (Å²) >= 11 is 0.911. The third-order valence-electron chi connectivity index (χ3n) is 3.53. The van der Waals surface area contributed by atoms with Crippen LogP contribution in [0.2, 0.25) is 0 Å². The number of carboxylic acids is 1. The molecule has 8 nitrogen and oxygen atoms in total. The number of anilines is 2. The van der Waals surface area contributed by atoms with Crippen molar-refractivity contribution in [2.24, 2.45) is 0 Å². The molecule has 10 heteroatoms. The number of nitrogens with zero attached hydrogens (tertiary/aromatic N) is 1. The summed E-state index contributed by atoms with van der Waals surface area (Å²) in [7, 11) is -3.90. The third kappa shape index (κ3) is 3.96. The topological polar surface area (TPSA) is 139 Å². The third-order valence-corrected chi connectivity index (χ3v) is 5.74. The van der Waals surface area contributed by atoms with Crippen LogP contribution in [0.5, 0.6) is 0 Å². The zero-order chi connectivity index (χ0) is 19.6. The van der Waals surface area contributed by atoms with E-state index in [9.17, 15) is 23.1 Å². The Hall–Kier alpha value is -3.24. The highest BCUT2D eigenvalue weighted by molar-refractivity contribution is 7.92. The average Bonchev–Trinajstić information content (AvgIpc) is 3.09. The van der Waals surface area contributed by atoms with Gasteiger partial charge in [0.05, 0.1) is 10.5 Å². The fourth-order valence-corrected chi connectivity index (χ4v) is 4.02. The standard InChI is InChI=1S/C17H13N3O5S2/c18-10-5-7-11(8-6-10)27(24,25)20-14-9-26-16(19-14)15(21)12-3-1-2-4-13(12)17(22)23/h1-9,20H,18H2,(H,22,23). The number of aromatic carboxylic acids is 1. The summed E-state index contributed by atoms with van der Waals surface area (Å²) in [6.07, 6.45) is 0. The molecule has 138 valence electrons. The Morgan fingerprint density at radius 1 is 1.04 bits per heavy atom. The molecule has 0 saturated carbocycles. The maximum atomic E-state index is 12.6. The fourth-order valence-electron chi connectivity index (χ4n) is 2.25. The van der Waals surface area contributed by atoms with Crippen LogP contribution < -0.4 is 10.5 Å². The molecule has 0 fully saturated rings. The van der Waals surface area contributed by atoms with Crippen LogP contribution in [0.4, 0.5) is 11.5 Å². The minimum atomic E-state index is -3.90. The minimum absolute atomic E-state index is 0.00574. The highest BCUT2D eigenvalue weighted by atomic mass is 32.2. The van der Waals surface area contributed by atoms with Crippen LogP contribution in [-0.4, -0.2) is 30.3 Å². The number of carboxylic acid groups (broad SMARTS) is 1. The number of benzene rings is 2. The fraction of sp³-hybridized carbons (Fsp3) is 0. The largest absolute Gasteiger partial charge is 0.478 e. The molecule has 3 aromatic rings. The van der Waals surface area contributed by atoms with Gasteiger partial charge in [-0.05, 0) is 30.3 Å². The molecule has 1 aromatic heterocycles. The Balaban J connectivity index is 1.86. The zero-order valence-corrected chi connectivity index (χ0v) is 15.3. The zero-order valence-electron chi connectivity index (χ0n) is 13.6. The van der Waals surface area contributed by atoms with E-state index in [2.05, 4.69) is 9.71 Å². The molecule has 0 spiro atoms. The molecular formula is C17H13N3O5S2. The van der Waals surface area contributed by atoms with Gasteiger partial charge in [0.25, 0.3) is 10.0 Å². The quantitative estimate of drug-likeness (QED) is 0.424. The molecular weight excluding hydrogens is 390 g/mol. The van der Waals surface area contributed by atoms with Gasteiger partial charge >= 0.3 is 5.97 Å². The van der Waals surface area contributed by atoms with E-state index >= 15 is 0 Å². The lowest BCUT2D eigenvalue weighted by atomic mass is 10.0. The van der Waals surface area contributed by atoms with E-state index in [0.717, 1.165) is 11.3 Å². The van der Waals surface area contributed by atoms with E-state index < -0.39 is 21.8 Å². The van der Waals surface area contributed by atoms with Crippen LogP contribution in [0.15, 0.2) is 58.8 Å². The van der Waals surface area contributed by atoms with E-state index in [4.69, 9.17) is 5.73 Å². The second-order valence-electron chi connectivity index (χ2n) is 5.39. The van der Waals surface area contributed by atoms with Gasteiger partial charge < -0.3 is 10.8 Å². The van der Waals surface area contributed by atoms with Crippen molar-refractivity contribution < 1.29 is 23.1 Å². The van der Waals surface area contributed by atoms with Gasteiger partial charge in [-0.1, -0.05) is 18.2 Å². The highest BCUT2D eigenvalue weighted by Crippen LogP contribution is 2.22. The number of thiazole rings is 1. The monoisotopic (exact) mass is 403 g/mol. The van der Waals surface area contributed by atoms with Gasteiger partial charge in [0.1, 0.15) is 0 Å². The number of hydrogen-bond donors (Lipinski definition) is 3. The van der Waals surface area contributed by atoms with Gasteiger partial charge in [0, 0.05) is 16.6 Å². The lowest BCUT2D eigenvalue weighted by Crippen LogP contribution is -2.14. The van der Waals surface area contributed by atoms with Crippen LogP contribution in [0, 0.1) is 0 Å². The van der Waals surface area contributed by atoms with Crippen molar-refractivity contribution in [1.29, 1.82) is 0 Å². The molecule has 1 heterocycles. The van der Waals surface area contributed by atoms with Gasteiger partial charge in [-0.2, -0.15) is 0 Å². The Bertz CT molecular complexity index is 1120. The van der Waals surface area contributed by atoms with Gasteiger partial charge in [-0.15, -0.1) is 11.3 Å². The number of nitrogen functional groups attached to an aromatic ring is 1. The summed E-state index contributed by atoms with van der Waals surface area (Å²) in [6, 6.07) is 11.3. The molecule has 0 aliphatic rings. The number of nitrogens with one attached hydrogen (secondary N) is 1. The Morgan fingerprint density at radius 3 is 2.30 bits per heavy atom. The molecule has 0 aliphatic heterocycles. The van der Waals surface area contributed by atoms with Crippen LogP contribution in [0.1, 0.15) is 25.7 Å². The summed E-state index contributed by atoms with van der Waals surface area (Å²) < 4.78 is 27.0. The van der Waals surface area contributed by atoms with Crippen LogP contribution in [0.3, 0.4) is 0 Å². The molecule has 0 aliphatic carbocycles. The van der Waals surface area contributed by atoms with E-state index in [1.54, 1.807) is 0 Å². The summed E-state index contributed by atoms with van der Waals surface area (Å²) in [5.74, 6) is -1.87. The van der Waals surface area contributed by atoms with Crippen molar-refractivity contribution in [3.05, 3.63) is 70.0 Å². The summed E-state index contributed by atoms with van der Waals surface area (Å²) in [4.78, 5) is 27.8. The molecule has 2 aromatic carbocycles. The maximum Gasteiger partial charge on any atom is 0.336 e. The number of aromatic nitrogens is 1. The Labute approximate surface area is 158 Å². The first-order chi connectivity index (χ1) is 12.8. The number of sulfonamides is 1. The molecule has 4 N–H and O–H groups in total. The second-order valence-corrected chi connectivity index (χ2v) is 7.93. The lowest BCUT2D eigenvalue weighted by Gasteiger charge is -2.05. The van der Waals surface area contributed by atoms with Crippen molar-refractivity contribution in [2.45, 2.75) is 4.90 Å². The maximum absolute atomic E-state index is 12.6. The average molecular weight is 403 g/mol. The highest BCUT2D eigenvalue weighted by Gasteiger charge is 2.22.